The summed E-state index contributed by atoms with van der Waals surface area (Å²) in [5, 5.41) is 4.61. The molecule has 0 amide bonds. The van der Waals surface area contributed by atoms with Gasteiger partial charge in [-0.2, -0.15) is 5.10 Å². The third kappa shape index (κ3) is 2.49. The van der Waals surface area contributed by atoms with Crippen molar-refractivity contribution in [1.82, 2.24) is 9.78 Å². The number of hydrogen-bond donors (Lipinski definition) is 1. The van der Waals surface area contributed by atoms with Gasteiger partial charge in [-0.1, -0.05) is 12.1 Å². The molecule has 0 aliphatic rings. The highest BCUT2D eigenvalue weighted by Gasteiger charge is 2.17. The van der Waals surface area contributed by atoms with Crippen LogP contribution in [-0.2, 0) is 0 Å². The maximum absolute atomic E-state index is 5.94. The van der Waals surface area contributed by atoms with Crippen LogP contribution in [0.5, 0.6) is 5.75 Å². The molecular formula is C15H21N3O. The summed E-state index contributed by atoms with van der Waals surface area (Å²) in [6.45, 7) is 6.73. The zero-order valence-corrected chi connectivity index (χ0v) is 12.0. The fourth-order valence-corrected chi connectivity index (χ4v) is 2.25. The molecule has 4 heteroatoms. The Morgan fingerprint density at radius 1 is 1.21 bits per heavy atom. The highest BCUT2D eigenvalue weighted by molar-refractivity contribution is 5.31. The van der Waals surface area contributed by atoms with Gasteiger partial charge in [0.25, 0.3) is 0 Å². The van der Waals surface area contributed by atoms with Crippen molar-refractivity contribution in [3.05, 3.63) is 46.8 Å². The van der Waals surface area contributed by atoms with E-state index in [0.29, 0.717) is 6.54 Å². The second-order valence-corrected chi connectivity index (χ2v) is 4.77. The van der Waals surface area contributed by atoms with E-state index in [1.165, 1.54) is 11.3 Å². The zero-order valence-electron chi connectivity index (χ0n) is 12.0. The number of ether oxygens (including phenoxy) is 1. The van der Waals surface area contributed by atoms with Crippen LogP contribution in [0.1, 0.15) is 28.6 Å². The molecule has 1 aromatic carbocycles. The van der Waals surface area contributed by atoms with Crippen LogP contribution in [0.2, 0.25) is 0 Å². The first-order valence-electron chi connectivity index (χ1n) is 6.44. The molecule has 2 N–H and O–H groups in total. The molecule has 0 saturated carbocycles. The molecule has 0 fully saturated rings. The Labute approximate surface area is 114 Å². The van der Waals surface area contributed by atoms with Crippen molar-refractivity contribution < 1.29 is 4.74 Å². The summed E-state index contributed by atoms with van der Waals surface area (Å²) < 4.78 is 7.20. The molecule has 0 aliphatic carbocycles. The number of benzene rings is 1. The highest BCUT2D eigenvalue weighted by atomic mass is 16.5. The van der Waals surface area contributed by atoms with Crippen molar-refractivity contribution in [1.29, 1.82) is 0 Å². The van der Waals surface area contributed by atoms with E-state index < -0.39 is 0 Å². The molecule has 19 heavy (non-hydrogen) atoms. The lowest BCUT2D eigenvalue weighted by molar-refractivity contribution is 0.414. The van der Waals surface area contributed by atoms with Crippen molar-refractivity contribution in [2.24, 2.45) is 5.73 Å². The number of aryl methyl sites for hydroxylation is 1. The van der Waals surface area contributed by atoms with Crippen molar-refractivity contribution >= 4 is 0 Å². The number of aromatic nitrogens is 2. The zero-order chi connectivity index (χ0) is 14.0. The van der Waals surface area contributed by atoms with Gasteiger partial charge >= 0.3 is 0 Å². The van der Waals surface area contributed by atoms with Gasteiger partial charge in [-0.3, -0.25) is 4.68 Å². The fraction of sp³-hybridized carbons (Fsp3) is 0.400. The van der Waals surface area contributed by atoms with Gasteiger partial charge < -0.3 is 10.5 Å². The molecule has 1 atom stereocenters. The Hall–Kier alpha value is -1.81. The summed E-state index contributed by atoms with van der Waals surface area (Å²) in [4.78, 5) is 0. The third-order valence-electron chi connectivity index (χ3n) is 3.71. The molecule has 102 valence electrons. The van der Waals surface area contributed by atoms with E-state index in [2.05, 4.69) is 18.9 Å². The summed E-state index contributed by atoms with van der Waals surface area (Å²) in [6.07, 6.45) is 0. The summed E-state index contributed by atoms with van der Waals surface area (Å²) >= 11 is 0. The van der Waals surface area contributed by atoms with E-state index in [1.807, 2.05) is 35.9 Å². The molecule has 0 bridgehead atoms. The molecule has 0 radical (unpaired) electrons. The number of rotatable bonds is 4. The van der Waals surface area contributed by atoms with E-state index >= 15 is 0 Å². The Bertz CT molecular complexity index is 558. The number of hydrogen-bond acceptors (Lipinski definition) is 3. The van der Waals surface area contributed by atoms with Crippen LogP contribution in [-0.4, -0.2) is 23.4 Å². The minimum Gasteiger partial charge on any atom is -0.497 e. The molecule has 2 aromatic rings. The van der Waals surface area contributed by atoms with E-state index in [1.54, 1.807) is 7.11 Å². The molecule has 0 aliphatic heterocycles. The third-order valence-corrected chi connectivity index (χ3v) is 3.71. The van der Waals surface area contributed by atoms with E-state index in [0.717, 1.165) is 17.0 Å². The van der Waals surface area contributed by atoms with Crippen LogP contribution in [0.4, 0.5) is 0 Å². The molecule has 1 aromatic heterocycles. The van der Waals surface area contributed by atoms with Crippen LogP contribution in [0, 0.1) is 20.8 Å². The monoisotopic (exact) mass is 259 g/mol. The largest absolute Gasteiger partial charge is 0.497 e. The van der Waals surface area contributed by atoms with E-state index in [9.17, 15) is 0 Å². The van der Waals surface area contributed by atoms with Gasteiger partial charge in [-0.15, -0.1) is 0 Å². The Morgan fingerprint density at radius 3 is 2.26 bits per heavy atom. The van der Waals surface area contributed by atoms with Gasteiger partial charge in [0.15, 0.2) is 0 Å². The second-order valence-electron chi connectivity index (χ2n) is 4.77. The van der Waals surface area contributed by atoms with Gasteiger partial charge in [-0.05, 0) is 44.0 Å². The first-order chi connectivity index (χ1) is 9.08. The maximum atomic E-state index is 5.94. The first-order valence-corrected chi connectivity index (χ1v) is 6.44. The highest BCUT2D eigenvalue weighted by Crippen LogP contribution is 2.23. The van der Waals surface area contributed by atoms with Crippen LogP contribution in [0.3, 0.4) is 0 Å². The van der Waals surface area contributed by atoms with Crippen molar-refractivity contribution in [3.8, 4) is 5.75 Å². The molecule has 0 spiro atoms. The van der Waals surface area contributed by atoms with Gasteiger partial charge in [0.05, 0.1) is 18.8 Å². The number of nitrogens with zero attached hydrogens (tertiary/aromatic N) is 2. The Morgan fingerprint density at radius 2 is 1.84 bits per heavy atom. The van der Waals surface area contributed by atoms with Gasteiger partial charge in [-0.25, -0.2) is 0 Å². The maximum Gasteiger partial charge on any atom is 0.118 e. The normalized spacial score (nSPS) is 12.5. The lowest BCUT2D eigenvalue weighted by Crippen LogP contribution is -2.22. The minimum atomic E-state index is 0.0679. The summed E-state index contributed by atoms with van der Waals surface area (Å²) in [5.41, 5.74) is 10.5. The summed E-state index contributed by atoms with van der Waals surface area (Å²) in [7, 11) is 1.67. The lowest BCUT2D eigenvalue weighted by atomic mass is 10.1. The molecular weight excluding hydrogens is 238 g/mol. The molecule has 0 saturated heterocycles. The van der Waals surface area contributed by atoms with Crippen molar-refractivity contribution in [2.75, 3.05) is 13.7 Å². The smallest absolute Gasteiger partial charge is 0.118 e. The average Bonchev–Trinajstić information content (AvgIpc) is 2.68. The van der Waals surface area contributed by atoms with Crippen LogP contribution < -0.4 is 10.5 Å². The first kappa shape index (κ1) is 13.6. The van der Waals surface area contributed by atoms with Crippen LogP contribution >= 0.6 is 0 Å². The fourth-order valence-electron chi connectivity index (χ4n) is 2.25. The Kier molecular flexibility index (Phi) is 3.90. The number of nitrogens with two attached hydrogens (primary N) is 1. The predicted molar refractivity (Wildman–Crippen MR) is 76.6 cm³/mol. The molecule has 1 unspecified atom stereocenters. The second kappa shape index (κ2) is 5.45. The Balaban J connectivity index is 2.40. The minimum absolute atomic E-state index is 0.0679. The van der Waals surface area contributed by atoms with E-state index in [4.69, 9.17) is 10.5 Å². The van der Waals surface area contributed by atoms with E-state index in [-0.39, 0.29) is 6.04 Å². The quantitative estimate of drug-likeness (QED) is 0.917. The average molecular weight is 259 g/mol. The molecule has 2 rings (SSSR count). The lowest BCUT2D eigenvalue weighted by Gasteiger charge is -2.18. The number of methoxy groups -OCH3 is 1. The van der Waals surface area contributed by atoms with Gasteiger partial charge in [0.2, 0.25) is 0 Å². The molecule has 1 heterocycles. The summed E-state index contributed by atoms with van der Waals surface area (Å²) in [5.74, 6) is 0.851. The van der Waals surface area contributed by atoms with Crippen molar-refractivity contribution in [3.63, 3.8) is 0 Å². The SMILES string of the molecule is COc1ccc(C(CN)n2nc(C)c(C)c2C)cc1. The van der Waals surface area contributed by atoms with Gasteiger partial charge in [0, 0.05) is 12.2 Å². The molecule has 4 nitrogen and oxygen atoms in total. The van der Waals surface area contributed by atoms with Crippen molar-refractivity contribution in [2.45, 2.75) is 26.8 Å². The van der Waals surface area contributed by atoms with Gasteiger partial charge in [0.1, 0.15) is 5.75 Å². The topological polar surface area (TPSA) is 53.1 Å². The standard InChI is InChI=1S/C15H21N3O/c1-10-11(2)17-18(12(10)3)15(9-16)13-5-7-14(19-4)8-6-13/h5-8,15H,9,16H2,1-4H3. The van der Waals surface area contributed by atoms with Crippen LogP contribution in [0.15, 0.2) is 24.3 Å². The predicted octanol–water partition coefficient (Wildman–Crippen LogP) is 2.37. The van der Waals surface area contributed by atoms with Crippen LogP contribution in [0.25, 0.3) is 0 Å². The summed E-state index contributed by atoms with van der Waals surface area (Å²) in [6, 6.07) is 8.07.